The highest BCUT2D eigenvalue weighted by atomic mass is 32.1. The van der Waals surface area contributed by atoms with Gasteiger partial charge in [-0.05, 0) is 42.0 Å². The summed E-state index contributed by atoms with van der Waals surface area (Å²) in [7, 11) is 0. The predicted octanol–water partition coefficient (Wildman–Crippen LogP) is 10.5. The highest BCUT2D eigenvalue weighted by molar-refractivity contribution is 7.28. The number of benzene rings is 6. The van der Waals surface area contributed by atoms with Crippen molar-refractivity contribution >= 4 is 96.6 Å². The second kappa shape index (κ2) is 9.60. The molecular weight excluding hydrogens is 589 g/mol. The first kappa shape index (κ1) is 25.1. The fraction of sp³-hybridized carbons (Fsp3) is 0.0256. The largest absolute Gasteiger partial charge is 0.330 e. The van der Waals surface area contributed by atoms with E-state index in [1.165, 1.54) is 51.1 Å². The number of amidine groups is 1. The lowest BCUT2D eigenvalue weighted by atomic mass is 10.0. The van der Waals surface area contributed by atoms with Crippen LogP contribution in [0.4, 0.5) is 0 Å². The van der Waals surface area contributed by atoms with Gasteiger partial charge in [-0.3, -0.25) is 4.57 Å². The average molecular weight is 613 g/mol. The van der Waals surface area contributed by atoms with Crippen molar-refractivity contribution in [1.29, 1.82) is 0 Å². The number of para-hydroxylation sites is 1. The van der Waals surface area contributed by atoms with Crippen molar-refractivity contribution in [3.63, 3.8) is 0 Å². The maximum atomic E-state index is 5.21. The van der Waals surface area contributed by atoms with Crippen molar-refractivity contribution in [2.75, 3.05) is 0 Å². The van der Waals surface area contributed by atoms with E-state index in [-0.39, 0.29) is 6.17 Å². The second-order valence-electron chi connectivity index (χ2n) is 11.4. The second-order valence-corrected chi connectivity index (χ2v) is 13.6. The van der Waals surface area contributed by atoms with Crippen molar-refractivity contribution < 1.29 is 0 Å². The molecule has 0 fully saturated rings. The fourth-order valence-corrected chi connectivity index (χ4v) is 9.09. The SMILES string of the molecule is c1ccc(C2=NC(c3ccccc3)NC(n3c4ccccc4c4cc5sc6ccc7sc8ccccc8c7c6c5cc43)=N2)cc1. The molecule has 10 rings (SSSR count). The molecule has 1 unspecified atom stereocenters. The lowest BCUT2D eigenvalue weighted by Crippen LogP contribution is -2.37. The summed E-state index contributed by atoms with van der Waals surface area (Å²) in [5.41, 5.74) is 4.34. The quantitative estimate of drug-likeness (QED) is 0.207. The zero-order valence-electron chi connectivity index (χ0n) is 23.9. The molecule has 4 nitrogen and oxygen atoms in total. The summed E-state index contributed by atoms with van der Waals surface area (Å²) in [6.07, 6.45) is -0.271. The van der Waals surface area contributed by atoms with Gasteiger partial charge < -0.3 is 5.32 Å². The molecule has 1 aliphatic rings. The molecular formula is C39H24N4S2. The van der Waals surface area contributed by atoms with Crippen LogP contribution in [0.25, 0.3) is 62.2 Å². The Balaban J connectivity index is 1.28. The van der Waals surface area contributed by atoms with E-state index in [9.17, 15) is 0 Å². The molecule has 1 atom stereocenters. The minimum Gasteiger partial charge on any atom is -0.330 e. The molecule has 0 bridgehead atoms. The van der Waals surface area contributed by atoms with E-state index in [1.807, 2.05) is 46.9 Å². The zero-order valence-corrected chi connectivity index (χ0v) is 25.6. The maximum absolute atomic E-state index is 5.21. The van der Waals surface area contributed by atoms with E-state index in [4.69, 9.17) is 9.98 Å². The summed E-state index contributed by atoms with van der Waals surface area (Å²) in [4.78, 5) is 10.3. The molecule has 0 aliphatic carbocycles. The van der Waals surface area contributed by atoms with Crippen LogP contribution in [-0.2, 0) is 0 Å². The van der Waals surface area contributed by atoms with Gasteiger partial charge in [0.1, 0.15) is 6.17 Å². The Bertz CT molecular complexity index is 2680. The van der Waals surface area contributed by atoms with Crippen molar-refractivity contribution in [1.82, 2.24) is 9.88 Å². The van der Waals surface area contributed by atoms with Crippen LogP contribution in [0.3, 0.4) is 0 Å². The first-order chi connectivity index (χ1) is 22.3. The van der Waals surface area contributed by atoms with Crippen LogP contribution in [0.2, 0.25) is 0 Å². The summed E-state index contributed by atoms with van der Waals surface area (Å²) >= 11 is 3.76. The Kier molecular flexibility index (Phi) is 5.35. The van der Waals surface area contributed by atoms with Crippen LogP contribution < -0.4 is 5.32 Å². The number of aliphatic imine (C=N–C) groups is 2. The van der Waals surface area contributed by atoms with E-state index >= 15 is 0 Å². The van der Waals surface area contributed by atoms with Gasteiger partial charge in [0.15, 0.2) is 5.84 Å². The molecule has 212 valence electrons. The van der Waals surface area contributed by atoms with Crippen LogP contribution >= 0.6 is 22.7 Å². The Labute approximate surface area is 266 Å². The Morgan fingerprint density at radius 1 is 0.533 bits per heavy atom. The summed E-state index contributed by atoms with van der Waals surface area (Å²) in [5, 5.41) is 11.5. The topological polar surface area (TPSA) is 41.7 Å². The standard InChI is InChI=1S/C39H24N4S2/c1-3-11-23(12-4-1)37-40-38(24-13-5-2-6-14-24)42-39(41-37)43-29-17-9-7-15-25(29)27-22-34-28(21-30(27)43)36-33(45-34)20-19-32-35(36)26-16-8-10-18-31(26)44-32/h1-22,37H,(H,40,41,42). The fourth-order valence-electron chi connectivity index (χ4n) is 6.84. The smallest absolute Gasteiger partial charge is 0.211 e. The molecule has 0 saturated carbocycles. The molecule has 0 spiro atoms. The Morgan fingerprint density at radius 3 is 2.02 bits per heavy atom. The number of nitrogens with zero attached hydrogens (tertiary/aromatic N) is 3. The minimum atomic E-state index is -0.271. The maximum Gasteiger partial charge on any atom is 0.211 e. The third-order valence-corrected chi connectivity index (χ3v) is 11.1. The molecule has 1 N–H and O–H groups in total. The molecule has 4 heterocycles. The number of aromatic nitrogens is 1. The molecule has 9 aromatic rings. The molecule has 45 heavy (non-hydrogen) atoms. The molecule has 6 aromatic carbocycles. The third kappa shape index (κ3) is 3.76. The van der Waals surface area contributed by atoms with Gasteiger partial charge in [-0.25, -0.2) is 4.99 Å². The monoisotopic (exact) mass is 612 g/mol. The van der Waals surface area contributed by atoms with E-state index in [0.717, 1.165) is 34.0 Å². The van der Waals surface area contributed by atoms with E-state index in [1.54, 1.807) is 0 Å². The Morgan fingerprint density at radius 2 is 1.20 bits per heavy atom. The van der Waals surface area contributed by atoms with Crippen molar-refractivity contribution in [2.24, 2.45) is 9.98 Å². The van der Waals surface area contributed by atoms with E-state index in [0.29, 0.717) is 0 Å². The van der Waals surface area contributed by atoms with Gasteiger partial charge >= 0.3 is 0 Å². The van der Waals surface area contributed by atoms with Crippen LogP contribution in [0, 0.1) is 0 Å². The molecule has 0 amide bonds. The van der Waals surface area contributed by atoms with Crippen molar-refractivity contribution in [3.8, 4) is 0 Å². The summed E-state index contributed by atoms with van der Waals surface area (Å²) in [5.74, 6) is 1.49. The molecule has 0 radical (unpaired) electrons. The molecule has 0 saturated heterocycles. The van der Waals surface area contributed by atoms with Gasteiger partial charge in [0.2, 0.25) is 5.96 Å². The van der Waals surface area contributed by atoms with Gasteiger partial charge in [0.25, 0.3) is 0 Å². The molecule has 3 aromatic heterocycles. The van der Waals surface area contributed by atoms with Gasteiger partial charge in [0.05, 0.1) is 11.0 Å². The van der Waals surface area contributed by atoms with Crippen LogP contribution in [0.5, 0.6) is 0 Å². The highest BCUT2D eigenvalue weighted by Gasteiger charge is 2.25. The van der Waals surface area contributed by atoms with Crippen molar-refractivity contribution in [3.05, 3.63) is 145 Å². The number of fused-ring (bicyclic) bond motifs is 10. The normalized spacial score (nSPS) is 15.3. The highest BCUT2D eigenvalue weighted by Crippen LogP contribution is 2.46. The van der Waals surface area contributed by atoms with E-state index < -0.39 is 0 Å². The zero-order chi connectivity index (χ0) is 29.5. The number of hydrogen-bond acceptors (Lipinski definition) is 5. The van der Waals surface area contributed by atoms with E-state index in [2.05, 4.69) is 119 Å². The average Bonchev–Trinajstić information content (AvgIpc) is 3.76. The van der Waals surface area contributed by atoms with Crippen LogP contribution in [0.15, 0.2) is 143 Å². The van der Waals surface area contributed by atoms with Gasteiger partial charge in [-0.15, -0.1) is 22.7 Å². The number of rotatable bonds is 2. The minimum absolute atomic E-state index is 0.271. The van der Waals surface area contributed by atoms with Gasteiger partial charge in [-0.1, -0.05) is 97.1 Å². The molecule has 1 aliphatic heterocycles. The van der Waals surface area contributed by atoms with Crippen LogP contribution in [0.1, 0.15) is 17.3 Å². The summed E-state index contributed by atoms with van der Waals surface area (Å²) < 4.78 is 7.58. The first-order valence-electron chi connectivity index (χ1n) is 15.0. The first-order valence-corrected chi connectivity index (χ1v) is 16.7. The number of thiophene rings is 2. The number of nitrogens with one attached hydrogen (secondary N) is 1. The van der Waals surface area contributed by atoms with Crippen LogP contribution in [-0.4, -0.2) is 16.4 Å². The molecule has 6 heteroatoms. The predicted molar refractivity (Wildman–Crippen MR) is 193 cm³/mol. The van der Waals surface area contributed by atoms with Gasteiger partial charge in [-0.2, -0.15) is 4.99 Å². The lowest BCUT2D eigenvalue weighted by molar-refractivity contribution is 0.661. The van der Waals surface area contributed by atoms with Crippen molar-refractivity contribution in [2.45, 2.75) is 6.17 Å². The summed E-state index contributed by atoms with van der Waals surface area (Å²) in [6, 6.07) is 47.5. The summed E-state index contributed by atoms with van der Waals surface area (Å²) in [6.45, 7) is 0. The number of hydrogen-bond donors (Lipinski definition) is 1. The van der Waals surface area contributed by atoms with Gasteiger partial charge in [0, 0.05) is 56.7 Å². The third-order valence-electron chi connectivity index (χ3n) is 8.86. The lowest BCUT2D eigenvalue weighted by Gasteiger charge is -2.24. The Hall–Kier alpha value is -5.30.